The molecule has 0 bridgehead atoms. The molecule has 0 saturated carbocycles. The van der Waals surface area contributed by atoms with Gasteiger partial charge in [-0.3, -0.25) is 4.79 Å². The van der Waals surface area contributed by atoms with Gasteiger partial charge in [0, 0.05) is 11.5 Å². The Morgan fingerprint density at radius 2 is 2.13 bits per heavy atom. The van der Waals surface area contributed by atoms with Gasteiger partial charge in [0.1, 0.15) is 6.04 Å². The average molecular weight is 245 g/mol. The van der Waals surface area contributed by atoms with Gasteiger partial charge in [-0.15, -0.1) is 0 Å². The highest BCUT2D eigenvalue weighted by atomic mass is 32.2. The molecule has 0 aliphatic rings. The van der Waals surface area contributed by atoms with E-state index in [1.807, 2.05) is 5.32 Å². The van der Waals surface area contributed by atoms with Gasteiger partial charge in [-0.25, -0.2) is 4.79 Å². The second-order valence-electron chi connectivity index (χ2n) is 2.62. The molecule has 0 heterocycles. The first-order valence-electron chi connectivity index (χ1n) is 3.94. The highest BCUT2D eigenvalue weighted by Gasteiger charge is 2.26. The fourth-order valence-corrected chi connectivity index (χ4v) is 1.68. The van der Waals surface area contributed by atoms with Gasteiger partial charge in [0.05, 0.1) is 6.42 Å². The largest absolute Gasteiger partial charge is 0.480 e. The van der Waals surface area contributed by atoms with E-state index < -0.39 is 24.6 Å². The monoisotopic (exact) mass is 245 g/mol. The molecule has 4 nitrogen and oxygen atoms in total. The van der Waals surface area contributed by atoms with Crippen LogP contribution in [0.2, 0.25) is 0 Å². The van der Waals surface area contributed by atoms with Gasteiger partial charge in [-0.1, -0.05) is 0 Å². The smallest absolute Gasteiger partial charge is 0.389 e. The summed E-state index contributed by atoms with van der Waals surface area (Å²) in [5, 5.41) is 10.5. The highest BCUT2D eigenvalue weighted by Crippen LogP contribution is 2.22. The number of alkyl halides is 3. The molecule has 0 aliphatic carbocycles. The summed E-state index contributed by atoms with van der Waals surface area (Å²) in [4.78, 5) is 20.4. The van der Waals surface area contributed by atoms with E-state index >= 15 is 0 Å². The van der Waals surface area contributed by atoms with Crippen molar-refractivity contribution in [3.63, 3.8) is 0 Å². The molecule has 0 rings (SSSR count). The molecule has 0 fully saturated rings. The fraction of sp³-hybridized carbons (Fsp3) is 0.714. The maximum absolute atomic E-state index is 11.7. The first-order valence-corrected chi connectivity index (χ1v) is 5.09. The number of carbonyl (C=O) groups excluding carboxylic acids is 1. The van der Waals surface area contributed by atoms with Gasteiger partial charge in [-0.05, 0) is 0 Å². The SMILES string of the molecule is O=CNC(CSCCC(F)(F)F)C(=O)O. The van der Waals surface area contributed by atoms with Crippen LogP contribution < -0.4 is 5.32 Å². The number of rotatable bonds is 7. The Morgan fingerprint density at radius 3 is 2.53 bits per heavy atom. The predicted molar refractivity (Wildman–Crippen MR) is 48.6 cm³/mol. The summed E-state index contributed by atoms with van der Waals surface area (Å²) in [6.45, 7) is 0. The van der Waals surface area contributed by atoms with Gasteiger partial charge < -0.3 is 10.4 Å². The number of carbonyl (C=O) groups is 2. The van der Waals surface area contributed by atoms with Crippen LogP contribution in [0.15, 0.2) is 0 Å². The molecule has 0 aromatic rings. The number of carboxylic acids is 1. The fourth-order valence-electron chi connectivity index (χ4n) is 0.662. The molecule has 0 saturated heterocycles. The molecular formula is C7H10F3NO3S. The second kappa shape index (κ2) is 6.54. The first kappa shape index (κ1) is 14.1. The van der Waals surface area contributed by atoms with Crippen molar-refractivity contribution in [3.05, 3.63) is 0 Å². The number of thioether (sulfide) groups is 1. The molecule has 0 aromatic heterocycles. The summed E-state index contributed by atoms with van der Waals surface area (Å²) in [5.74, 6) is -1.56. The number of nitrogens with one attached hydrogen (secondary N) is 1. The van der Waals surface area contributed by atoms with Crippen molar-refractivity contribution < 1.29 is 27.9 Å². The molecule has 15 heavy (non-hydrogen) atoms. The lowest BCUT2D eigenvalue weighted by Crippen LogP contribution is -2.38. The number of amides is 1. The Hall–Kier alpha value is -0.920. The van der Waals surface area contributed by atoms with Crippen molar-refractivity contribution in [1.29, 1.82) is 0 Å². The van der Waals surface area contributed by atoms with Crippen molar-refractivity contribution in [2.45, 2.75) is 18.6 Å². The Morgan fingerprint density at radius 1 is 1.53 bits per heavy atom. The van der Waals surface area contributed by atoms with E-state index in [4.69, 9.17) is 5.11 Å². The van der Waals surface area contributed by atoms with E-state index in [0.717, 1.165) is 11.8 Å². The van der Waals surface area contributed by atoms with E-state index in [1.54, 1.807) is 0 Å². The number of carboxylic acid groups (broad SMARTS) is 1. The summed E-state index contributed by atoms with van der Waals surface area (Å²) in [5.41, 5.74) is 0. The standard InChI is InChI=1S/C7H10F3NO3S/c8-7(9,10)1-2-15-3-5(6(13)14)11-4-12/h4-5H,1-3H2,(H,11,12)(H,13,14). The Kier molecular flexibility index (Phi) is 6.14. The van der Waals surface area contributed by atoms with E-state index in [0.29, 0.717) is 0 Å². The second-order valence-corrected chi connectivity index (χ2v) is 3.77. The molecule has 0 spiro atoms. The first-order chi connectivity index (χ1) is 6.87. The molecule has 8 heteroatoms. The lowest BCUT2D eigenvalue weighted by atomic mass is 10.3. The third kappa shape index (κ3) is 8.10. The maximum Gasteiger partial charge on any atom is 0.389 e. The van der Waals surface area contributed by atoms with Crippen LogP contribution in [-0.4, -0.2) is 41.2 Å². The van der Waals surface area contributed by atoms with Crippen molar-refractivity contribution in [2.75, 3.05) is 11.5 Å². The molecule has 88 valence electrons. The molecule has 0 aromatic carbocycles. The van der Waals surface area contributed by atoms with Crippen LogP contribution in [0.1, 0.15) is 6.42 Å². The molecule has 1 atom stereocenters. The van der Waals surface area contributed by atoms with Crippen molar-refractivity contribution in [1.82, 2.24) is 5.32 Å². The Balaban J connectivity index is 3.72. The van der Waals surface area contributed by atoms with Crippen molar-refractivity contribution >= 4 is 24.1 Å². The predicted octanol–water partition coefficient (Wildman–Crippen LogP) is 0.871. The van der Waals surface area contributed by atoms with Gasteiger partial charge in [-0.2, -0.15) is 24.9 Å². The summed E-state index contributed by atoms with van der Waals surface area (Å²) >= 11 is 0.834. The molecule has 0 radical (unpaired) electrons. The number of hydrogen-bond donors (Lipinski definition) is 2. The van der Waals surface area contributed by atoms with Gasteiger partial charge >= 0.3 is 12.1 Å². The molecule has 2 N–H and O–H groups in total. The number of aliphatic carboxylic acids is 1. The highest BCUT2D eigenvalue weighted by molar-refractivity contribution is 7.99. The van der Waals surface area contributed by atoms with Crippen molar-refractivity contribution in [3.8, 4) is 0 Å². The van der Waals surface area contributed by atoms with Crippen LogP contribution in [0, 0.1) is 0 Å². The van der Waals surface area contributed by atoms with Crippen LogP contribution in [-0.2, 0) is 9.59 Å². The van der Waals surface area contributed by atoms with Gasteiger partial charge in [0.15, 0.2) is 0 Å². The van der Waals surface area contributed by atoms with Crippen LogP contribution in [0.3, 0.4) is 0 Å². The van der Waals surface area contributed by atoms with Gasteiger partial charge in [0.2, 0.25) is 6.41 Å². The lowest BCUT2D eigenvalue weighted by Gasteiger charge is -2.11. The zero-order valence-electron chi connectivity index (χ0n) is 7.58. The minimum absolute atomic E-state index is 0.0792. The topological polar surface area (TPSA) is 66.4 Å². The van der Waals surface area contributed by atoms with Crippen molar-refractivity contribution in [2.24, 2.45) is 0 Å². The third-order valence-electron chi connectivity index (χ3n) is 1.38. The number of halogens is 3. The Labute approximate surface area is 88.2 Å². The van der Waals surface area contributed by atoms with Gasteiger partial charge in [0.25, 0.3) is 0 Å². The number of hydrogen-bond acceptors (Lipinski definition) is 3. The van der Waals surface area contributed by atoms with Crippen LogP contribution in [0.25, 0.3) is 0 Å². The molecule has 1 unspecified atom stereocenters. The zero-order valence-corrected chi connectivity index (χ0v) is 8.40. The third-order valence-corrected chi connectivity index (χ3v) is 2.44. The summed E-state index contributed by atoms with van der Waals surface area (Å²) in [7, 11) is 0. The van der Waals surface area contributed by atoms with E-state index in [9.17, 15) is 22.8 Å². The Bertz CT molecular complexity index is 222. The maximum atomic E-state index is 11.7. The quantitative estimate of drug-likeness (QED) is 0.516. The van der Waals surface area contributed by atoms with E-state index in [-0.39, 0.29) is 17.9 Å². The lowest BCUT2D eigenvalue weighted by molar-refractivity contribution is -0.139. The normalized spacial score (nSPS) is 13.3. The minimum atomic E-state index is -4.23. The van der Waals surface area contributed by atoms with Crippen LogP contribution in [0.4, 0.5) is 13.2 Å². The van der Waals surface area contributed by atoms with Crippen LogP contribution in [0.5, 0.6) is 0 Å². The van der Waals surface area contributed by atoms with E-state index in [2.05, 4.69) is 0 Å². The molecule has 1 amide bonds. The molecular weight excluding hydrogens is 235 g/mol. The zero-order chi connectivity index (χ0) is 11.9. The van der Waals surface area contributed by atoms with E-state index in [1.165, 1.54) is 0 Å². The minimum Gasteiger partial charge on any atom is -0.480 e. The summed E-state index contributed by atoms with van der Waals surface area (Å²) < 4.78 is 35.1. The summed E-state index contributed by atoms with van der Waals surface area (Å²) in [6, 6.07) is -1.14. The average Bonchev–Trinajstić information content (AvgIpc) is 2.08. The summed E-state index contributed by atoms with van der Waals surface area (Å²) in [6.07, 6.45) is -4.99. The molecule has 0 aliphatic heterocycles. The van der Waals surface area contributed by atoms with Crippen LogP contribution >= 0.6 is 11.8 Å².